The van der Waals surface area contributed by atoms with Gasteiger partial charge in [0.05, 0.1) is 42.7 Å². The summed E-state index contributed by atoms with van der Waals surface area (Å²) in [5.41, 5.74) is 0. The summed E-state index contributed by atoms with van der Waals surface area (Å²) in [5, 5.41) is 67.5. The van der Waals surface area contributed by atoms with Gasteiger partial charge in [-0.05, 0) is 19.9 Å². The van der Waals surface area contributed by atoms with Crippen LogP contribution in [0.3, 0.4) is 0 Å². The van der Waals surface area contributed by atoms with Crippen molar-refractivity contribution in [1.29, 1.82) is 0 Å². The molecule has 4 aliphatic rings. The number of hydrogen-bond acceptors (Lipinski definition) is 13. The highest BCUT2D eigenvalue weighted by atomic mass is 16.7. The second-order valence-electron chi connectivity index (χ2n) is 13.7. The van der Waals surface area contributed by atoms with E-state index < -0.39 is 109 Å². The molecule has 0 saturated carbocycles. The molecule has 0 aromatic rings. The summed E-state index contributed by atoms with van der Waals surface area (Å²) in [6.07, 6.45) is 3.90. The van der Waals surface area contributed by atoms with Gasteiger partial charge in [-0.2, -0.15) is 0 Å². The van der Waals surface area contributed by atoms with E-state index in [4.69, 9.17) is 23.7 Å². The third-order valence-electron chi connectivity index (χ3n) is 9.43. The number of aliphatic hydroxyl groups is 5. The molecule has 15 heteroatoms. The van der Waals surface area contributed by atoms with E-state index in [1.165, 1.54) is 26.0 Å². The maximum Gasteiger partial charge on any atom is 0.330 e. The lowest BCUT2D eigenvalue weighted by molar-refractivity contribution is -0.308. The number of esters is 1. The number of aliphatic carboxylic acids is 1. The lowest BCUT2D eigenvalue weighted by atomic mass is 9.83. The van der Waals surface area contributed by atoms with E-state index in [2.05, 4.69) is 5.32 Å². The predicted molar refractivity (Wildman–Crippen MR) is 179 cm³/mol. The highest BCUT2D eigenvalue weighted by Gasteiger charge is 2.51. The topological polar surface area (TPSA) is 234 Å². The van der Waals surface area contributed by atoms with Crippen LogP contribution in [0.25, 0.3) is 0 Å². The van der Waals surface area contributed by atoms with Gasteiger partial charge in [0.15, 0.2) is 12.1 Å². The minimum Gasteiger partial charge on any atom is -0.481 e. The molecule has 51 heavy (non-hydrogen) atoms. The smallest absolute Gasteiger partial charge is 0.330 e. The summed E-state index contributed by atoms with van der Waals surface area (Å²) in [5.74, 6) is -6.15. The van der Waals surface area contributed by atoms with Gasteiger partial charge in [0, 0.05) is 44.6 Å². The largest absolute Gasteiger partial charge is 0.481 e. The van der Waals surface area contributed by atoms with Crippen molar-refractivity contribution in [2.24, 2.45) is 11.8 Å². The van der Waals surface area contributed by atoms with Gasteiger partial charge in [0.2, 0.25) is 5.91 Å². The second-order valence-corrected chi connectivity index (χ2v) is 13.7. The summed E-state index contributed by atoms with van der Waals surface area (Å²) in [4.78, 5) is 36.5. The Morgan fingerprint density at radius 2 is 1.53 bits per heavy atom. The molecule has 7 N–H and O–H groups in total. The number of carbonyl (C=O) groups is 3. The molecule has 0 aromatic carbocycles. The number of ether oxygens (including phenoxy) is 5. The molecular weight excluding hydrogens is 670 g/mol. The Hall–Kier alpha value is -3.25. The maximum atomic E-state index is 12.4. The van der Waals surface area contributed by atoms with Crippen molar-refractivity contribution >= 4 is 17.8 Å². The molecule has 0 spiro atoms. The van der Waals surface area contributed by atoms with Crippen LogP contribution in [-0.2, 0) is 38.1 Å². The van der Waals surface area contributed by atoms with Crippen LogP contribution in [0.4, 0.5) is 0 Å². The van der Waals surface area contributed by atoms with Gasteiger partial charge in [-0.3, -0.25) is 9.59 Å². The van der Waals surface area contributed by atoms with Crippen LogP contribution in [0.2, 0.25) is 0 Å². The fraction of sp³-hybridized carbons (Fsp3) is 0.639. The number of nitrogens with one attached hydrogen (secondary N) is 1. The van der Waals surface area contributed by atoms with Crippen molar-refractivity contribution in [3.63, 3.8) is 0 Å². The Morgan fingerprint density at radius 1 is 0.863 bits per heavy atom. The Bertz CT molecular complexity index is 1360. The maximum absolute atomic E-state index is 12.4. The van der Waals surface area contributed by atoms with Crippen LogP contribution in [0.15, 0.2) is 60.8 Å². The Balaban J connectivity index is 1.62. The molecule has 2 unspecified atom stereocenters. The van der Waals surface area contributed by atoms with Crippen molar-refractivity contribution in [1.82, 2.24) is 5.32 Å². The van der Waals surface area contributed by atoms with Crippen LogP contribution in [-0.4, -0.2) is 128 Å². The fourth-order valence-electron chi connectivity index (χ4n) is 6.47. The third-order valence-corrected chi connectivity index (χ3v) is 9.43. The summed E-state index contributed by atoms with van der Waals surface area (Å²) in [7, 11) is 0. The molecule has 3 saturated heterocycles. The number of cyclic esters (lactones) is 1. The number of rotatable bonds is 4. The van der Waals surface area contributed by atoms with Gasteiger partial charge in [0.1, 0.15) is 30.3 Å². The molecule has 15 nitrogen and oxygen atoms in total. The zero-order valence-corrected chi connectivity index (χ0v) is 29.1. The average molecular weight is 722 g/mol. The highest BCUT2D eigenvalue weighted by molar-refractivity contribution is 5.82. The van der Waals surface area contributed by atoms with Crippen LogP contribution in [0.1, 0.15) is 53.4 Å². The van der Waals surface area contributed by atoms with Gasteiger partial charge in [0.25, 0.3) is 0 Å². The van der Waals surface area contributed by atoms with E-state index >= 15 is 0 Å². The van der Waals surface area contributed by atoms with Crippen molar-refractivity contribution in [2.45, 2.75) is 133 Å². The van der Waals surface area contributed by atoms with Gasteiger partial charge in [-0.1, -0.05) is 55.5 Å². The van der Waals surface area contributed by atoms with E-state index in [0.717, 1.165) is 0 Å². The predicted octanol–water partition coefficient (Wildman–Crippen LogP) is 0.543. The summed E-state index contributed by atoms with van der Waals surface area (Å²) in [6, 6.07) is -1.14. The number of hydrogen-bond donors (Lipinski definition) is 7. The number of epoxide rings is 1. The van der Waals surface area contributed by atoms with Crippen molar-refractivity contribution in [2.75, 3.05) is 0 Å². The molecule has 4 heterocycles. The highest BCUT2D eigenvalue weighted by Crippen LogP contribution is 2.39. The summed E-state index contributed by atoms with van der Waals surface area (Å²) < 4.78 is 28.8. The Labute approximate surface area is 296 Å². The molecule has 4 rings (SSSR count). The summed E-state index contributed by atoms with van der Waals surface area (Å²) in [6.45, 7) is 6.45. The molecule has 2 bridgehead atoms. The first-order valence-electron chi connectivity index (χ1n) is 17.2. The molecule has 15 atom stereocenters. The van der Waals surface area contributed by atoms with Gasteiger partial charge in [-0.15, -0.1) is 0 Å². The number of carboxylic acid groups (broad SMARTS) is 1. The van der Waals surface area contributed by atoms with Crippen LogP contribution >= 0.6 is 0 Å². The molecule has 284 valence electrons. The van der Waals surface area contributed by atoms with E-state index in [1.54, 1.807) is 49.5 Å². The fourth-order valence-corrected chi connectivity index (χ4v) is 6.47. The zero-order valence-electron chi connectivity index (χ0n) is 29.1. The van der Waals surface area contributed by atoms with Crippen LogP contribution < -0.4 is 5.32 Å². The lowest BCUT2D eigenvalue weighted by Crippen LogP contribution is -2.64. The molecule has 1 amide bonds. The minimum atomic E-state index is -2.14. The first kappa shape index (κ1) is 40.5. The van der Waals surface area contributed by atoms with Crippen molar-refractivity contribution < 1.29 is 68.7 Å². The van der Waals surface area contributed by atoms with Gasteiger partial charge >= 0.3 is 11.9 Å². The van der Waals surface area contributed by atoms with E-state index in [9.17, 15) is 45.0 Å². The number of allylic oxidation sites excluding steroid dienone is 6. The first-order chi connectivity index (χ1) is 24.1. The van der Waals surface area contributed by atoms with E-state index in [1.807, 2.05) is 13.0 Å². The molecule has 4 aliphatic heterocycles. The molecule has 0 radical (unpaired) electrons. The number of fused-ring (bicyclic) bond motifs is 3. The van der Waals surface area contributed by atoms with E-state index in [-0.39, 0.29) is 25.2 Å². The number of aliphatic hydroxyl groups excluding tert-OH is 4. The zero-order chi connectivity index (χ0) is 37.5. The average Bonchev–Trinajstić information content (AvgIpc) is 3.77. The molecule has 0 aliphatic carbocycles. The van der Waals surface area contributed by atoms with Gasteiger partial charge in [-0.25, -0.2) is 4.79 Å². The Morgan fingerprint density at radius 3 is 2.20 bits per heavy atom. The third kappa shape index (κ3) is 11.6. The number of carbonyl (C=O) groups excluding carboxylic acids is 2. The molecule has 0 aromatic heterocycles. The minimum absolute atomic E-state index is 0.0574. The van der Waals surface area contributed by atoms with Crippen LogP contribution in [0, 0.1) is 11.8 Å². The standard InChI is InChI=1S/C36H51NO14/c1-19-11-9-7-5-6-8-10-12-24(49-35-33(43)31(37-22(4)38)32(42)21(3)48-35)16-28-30(34(44)45)25(40)18-36(46,51-28)17-23(39)15-27-26(50-27)13-14-29(41)47-20(19)2/h5-14,19-21,23-28,30-33,35,39-40,42-43,46H,15-18H2,1-4H3,(H,37,38)(H,44,45)/b7-5+,8-6+,11-9+,12-10+,14-13+/t19?,20?,21-,23-,24+,25-,26+,27-,28-,30+,31+,32-,33+,35+,36+/m1/s1. The number of carboxylic acids is 1. The number of amides is 1. The quantitative estimate of drug-likeness (QED) is 0.155. The van der Waals surface area contributed by atoms with Crippen molar-refractivity contribution in [3.8, 4) is 0 Å². The second kappa shape index (κ2) is 18.0. The molecular formula is C36H51NO14. The Kier molecular flexibility index (Phi) is 14.3. The van der Waals surface area contributed by atoms with E-state index in [0.29, 0.717) is 0 Å². The lowest BCUT2D eigenvalue weighted by Gasteiger charge is -2.45. The van der Waals surface area contributed by atoms with Crippen molar-refractivity contribution in [3.05, 3.63) is 60.8 Å². The SMILES string of the molecule is CC(=O)N[C@@H]1[C@H](O)[C@H](O[C@H]2/C=C/C=C/C=C/C=C/C(C)C(C)OC(=O)/C=C/[C@@H]3O[C@@H]3C[C@@H](O)C[C@@]3(O)C[C@@H](O)[C@H](C(=O)O)[C@@H](C2)O3)O[C@H](C)[C@H]1O. The normalized spacial score (nSPS) is 45.8. The molecule has 3 fully saturated rings. The first-order valence-corrected chi connectivity index (χ1v) is 17.2. The summed E-state index contributed by atoms with van der Waals surface area (Å²) >= 11 is 0. The van der Waals surface area contributed by atoms with Gasteiger partial charge < -0.3 is 59.6 Å². The van der Waals surface area contributed by atoms with Crippen LogP contribution in [0.5, 0.6) is 0 Å². The monoisotopic (exact) mass is 721 g/mol.